The molecule has 6 nitrogen and oxygen atoms in total. The standard InChI is InChI=1S/C16H18ClN5O/c1-3-22-10-12(9-19-22)8-18-11(2)15-20-16(23-21-15)13-4-6-14(17)7-5-13/h4-7,9-11,18H,3,8H2,1-2H3/t11-/m1/s1. The smallest absolute Gasteiger partial charge is 0.257 e. The average Bonchev–Trinajstić information content (AvgIpc) is 3.22. The van der Waals surface area contributed by atoms with Crippen LogP contribution < -0.4 is 5.32 Å². The van der Waals surface area contributed by atoms with Gasteiger partial charge < -0.3 is 9.84 Å². The number of nitrogens with one attached hydrogen (secondary N) is 1. The van der Waals surface area contributed by atoms with Gasteiger partial charge in [-0.1, -0.05) is 16.8 Å². The van der Waals surface area contributed by atoms with Crippen LogP contribution in [-0.4, -0.2) is 19.9 Å². The topological polar surface area (TPSA) is 68.8 Å². The summed E-state index contributed by atoms with van der Waals surface area (Å²) in [5.74, 6) is 1.11. The third kappa shape index (κ3) is 3.78. The fraction of sp³-hybridized carbons (Fsp3) is 0.312. The highest BCUT2D eigenvalue weighted by molar-refractivity contribution is 6.30. The van der Waals surface area contributed by atoms with Gasteiger partial charge in [0, 0.05) is 35.4 Å². The molecule has 120 valence electrons. The summed E-state index contributed by atoms with van der Waals surface area (Å²) in [6, 6.07) is 7.29. The van der Waals surface area contributed by atoms with Gasteiger partial charge in [0.05, 0.1) is 12.2 Å². The van der Waals surface area contributed by atoms with Crippen molar-refractivity contribution in [1.29, 1.82) is 0 Å². The van der Waals surface area contributed by atoms with E-state index in [1.54, 1.807) is 12.1 Å². The van der Waals surface area contributed by atoms with Gasteiger partial charge in [-0.15, -0.1) is 0 Å². The molecule has 0 amide bonds. The van der Waals surface area contributed by atoms with Crippen LogP contribution in [0.3, 0.4) is 0 Å². The molecular weight excluding hydrogens is 314 g/mol. The maximum atomic E-state index is 5.88. The van der Waals surface area contributed by atoms with E-state index < -0.39 is 0 Å². The molecule has 7 heteroatoms. The molecule has 3 rings (SSSR count). The molecule has 0 radical (unpaired) electrons. The molecule has 0 aliphatic heterocycles. The average molecular weight is 332 g/mol. The number of hydrogen-bond donors (Lipinski definition) is 1. The molecule has 1 N–H and O–H groups in total. The molecule has 2 heterocycles. The summed E-state index contributed by atoms with van der Waals surface area (Å²) in [6.45, 7) is 5.63. The fourth-order valence-electron chi connectivity index (χ4n) is 2.15. The van der Waals surface area contributed by atoms with E-state index in [1.165, 1.54) is 0 Å². The van der Waals surface area contributed by atoms with Gasteiger partial charge in [0.25, 0.3) is 5.89 Å². The highest BCUT2D eigenvalue weighted by Crippen LogP contribution is 2.21. The third-order valence-corrected chi connectivity index (χ3v) is 3.80. The van der Waals surface area contributed by atoms with E-state index >= 15 is 0 Å². The Morgan fingerprint density at radius 3 is 2.78 bits per heavy atom. The van der Waals surface area contributed by atoms with Gasteiger partial charge in [0.15, 0.2) is 5.82 Å². The molecule has 0 fully saturated rings. The molecule has 1 aromatic carbocycles. The van der Waals surface area contributed by atoms with Crippen molar-refractivity contribution in [1.82, 2.24) is 25.2 Å². The summed E-state index contributed by atoms with van der Waals surface area (Å²) >= 11 is 5.88. The lowest BCUT2D eigenvalue weighted by atomic mass is 10.2. The van der Waals surface area contributed by atoms with Crippen LogP contribution in [0.15, 0.2) is 41.2 Å². The van der Waals surface area contributed by atoms with Crippen LogP contribution in [0.5, 0.6) is 0 Å². The Kier molecular flexibility index (Phi) is 4.73. The van der Waals surface area contributed by atoms with Gasteiger partial charge in [-0.25, -0.2) is 0 Å². The number of hydrogen-bond acceptors (Lipinski definition) is 5. The summed E-state index contributed by atoms with van der Waals surface area (Å²) in [4.78, 5) is 4.44. The van der Waals surface area contributed by atoms with Crippen LogP contribution >= 0.6 is 11.6 Å². The normalized spacial score (nSPS) is 12.5. The number of nitrogens with zero attached hydrogens (tertiary/aromatic N) is 4. The summed E-state index contributed by atoms with van der Waals surface area (Å²) in [6.07, 6.45) is 3.88. The van der Waals surface area contributed by atoms with E-state index in [2.05, 4.69) is 27.5 Å². The van der Waals surface area contributed by atoms with Crippen LogP contribution in [0.25, 0.3) is 11.5 Å². The van der Waals surface area contributed by atoms with Crippen molar-refractivity contribution in [3.05, 3.63) is 53.1 Å². The first kappa shape index (κ1) is 15.7. The first-order valence-corrected chi connectivity index (χ1v) is 7.87. The number of benzene rings is 1. The largest absolute Gasteiger partial charge is 0.334 e. The Hall–Kier alpha value is -2.18. The molecule has 3 aromatic rings. The van der Waals surface area contributed by atoms with E-state index in [1.807, 2.05) is 36.1 Å². The number of aromatic nitrogens is 4. The maximum absolute atomic E-state index is 5.88. The van der Waals surface area contributed by atoms with E-state index in [0.29, 0.717) is 23.3 Å². The monoisotopic (exact) mass is 331 g/mol. The van der Waals surface area contributed by atoms with E-state index in [0.717, 1.165) is 17.7 Å². The fourth-order valence-corrected chi connectivity index (χ4v) is 2.28. The number of rotatable bonds is 6. The Labute approximate surface area is 139 Å². The summed E-state index contributed by atoms with van der Waals surface area (Å²) in [5.41, 5.74) is 1.98. The number of halogens is 1. The lowest BCUT2D eigenvalue weighted by Crippen LogP contribution is -2.19. The Bertz CT molecular complexity index is 765. The molecule has 1 atom stereocenters. The Morgan fingerprint density at radius 2 is 2.09 bits per heavy atom. The first-order valence-electron chi connectivity index (χ1n) is 7.50. The van der Waals surface area contributed by atoms with Crippen molar-refractivity contribution < 1.29 is 4.52 Å². The minimum absolute atomic E-state index is 0.0234. The van der Waals surface area contributed by atoms with Crippen LogP contribution in [-0.2, 0) is 13.1 Å². The molecule has 0 aliphatic rings. The van der Waals surface area contributed by atoms with Gasteiger partial charge >= 0.3 is 0 Å². The zero-order chi connectivity index (χ0) is 16.2. The minimum atomic E-state index is -0.0234. The lowest BCUT2D eigenvalue weighted by Gasteiger charge is -2.07. The van der Waals surface area contributed by atoms with E-state index in [4.69, 9.17) is 16.1 Å². The predicted octanol–water partition coefficient (Wildman–Crippen LogP) is 3.46. The van der Waals surface area contributed by atoms with Crippen molar-refractivity contribution in [3.63, 3.8) is 0 Å². The van der Waals surface area contributed by atoms with E-state index in [9.17, 15) is 0 Å². The van der Waals surface area contributed by atoms with Gasteiger partial charge in [-0.3, -0.25) is 4.68 Å². The molecule has 23 heavy (non-hydrogen) atoms. The summed E-state index contributed by atoms with van der Waals surface area (Å²) in [7, 11) is 0. The number of aryl methyl sites for hydroxylation is 1. The van der Waals surface area contributed by atoms with Gasteiger partial charge in [0.2, 0.25) is 0 Å². The molecule has 2 aromatic heterocycles. The van der Waals surface area contributed by atoms with Crippen LogP contribution in [0, 0.1) is 0 Å². The Morgan fingerprint density at radius 1 is 1.30 bits per heavy atom. The first-order chi connectivity index (χ1) is 11.2. The predicted molar refractivity (Wildman–Crippen MR) is 87.9 cm³/mol. The van der Waals surface area contributed by atoms with Crippen molar-refractivity contribution >= 4 is 11.6 Å². The van der Waals surface area contributed by atoms with Gasteiger partial charge in [-0.2, -0.15) is 10.1 Å². The second-order valence-corrected chi connectivity index (χ2v) is 5.71. The van der Waals surface area contributed by atoms with E-state index in [-0.39, 0.29) is 6.04 Å². The Balaban J connectivity index is 1.63. The van der Waals surface area contributed by atoms with Crippen LogP contribution in [0.2, 0.25) is 5.02 Å². The maximum Gasteiger partial charge on any atom is 0.257 e. The van der Waals surface area contributed by atoms with Gasteiger partial charge in [0.1, 0.15) is 0 Å². The molecule has 0 aliphatic carbocycles. The van der Waals surface area contributed by atoms with Crippen molar-refractivity contribution in [2.45, 2.75) is 33.0 Å². The zero-order valence-electron chi connectivity index (χ0n) is 13.0. The van der Waals surface area contributed by atoms with Crippen LogP contribution in [0.4, 0.5) is 0 Å². The summed E-state index contributed by atoms with van der Waals surface area (Å²) < 4.78 is 7.22. The van der Waals surface area contributed by atoms with Crippen molar-refractivity contribution in [3.8, 4) is 11.5 Å². The zero-order valence-corrected chi connectivity index (χ0v) is 13.8. The van der Waals surface area contributed by atoms with Crippen molar-refractivity contribution in [2.24, 2.45) is 0 Å². The third-order valence-electron chi connectivity index (χ3n) is 3.54. The molecule has 0 saturated carbocycles. The highest BCUT2D eigenvalue weighted by Gasteiger charge is 2.14. The second kappa shape index (κ2) is 6.93. The highest BCUT2D eigenvalue weighted by atomic mass is 35.5. The SMILES string of the molecule is CCn1cc(CN[C@H](C)c2noc(-c3ccc(Cl)cc3)n2)cn1. The second-order valence-electron chi connectivity index (χ2n) is 5.27. The van der Waals surface area contributed by atoms with Gasteiger partial charge in [-0.05, 0) is 38.1 Å². The summed E-state index contributed by atoms with van der Waals surface area (Å²) in [5, 5.41) is 12.3. The van der Waals surface area contributed by atoms with Crippen LogP contribution in [0.1, 0.15) is 31.3 Å². The minimum Gasteiger partial charge on any atom is -0.334 e. The molecular formula is C16H18ClN5O. The molecule has 0 saturated heterocycles. The van der Waals surface area contributed by atoms with Crippen molar-refractivity contribution in [2.75, 3.05) is 0 Å². The lowest BCUT2D eigenvalue weighted by molar-refractivity contribution is 0.409. The molecule has 0 bridgehead atoms. The molecule has 0 spiro atoms. The quantitative estimate of drug-likeness (QED) is 0.749. The molecule has 0 unspecified atom stereocenters.